The monoisotopic (exact) mass is 284 g/mol. The number of hydrogen-bond donors (Lipinski definition) is 1. The van der Waals surface area contributed by atoms with E-state index < -0.39 is 0 Å². The second-order valence-corrected chi connectivity index (χ2v) is 1.46. The fourth-order valence-corrected chi connectivity index (χ4v) is 0.625. The molecule has 51 valence electrons. The molecule has 0 spiro atoms. The second kappa shape index (κ2) is 11.3. The number of nitrogens with one attached hydrogen (secondary N) is 1. The van der Waals surface area contributed by atoms with E-state index in [9.17, 15) is 0 Å². The minimum atomic E-state index is 0. The molecule has 1 radical (unpaired) electrons. The van der Waals surface area contributed by atoms with Crippen LogP contribution in [0.25, 0.3) is 0 Å². The van der Waals surface area contributed by atoms with Crippen LogP contribution in [0.5, 0.6) is 0 Å². The number of rotatable bonds is 0. The van der Waals surface area contributed by atoms with Gasteiger partial charge < -0.3 is 39.3 Å². The van der Waals surface area contributed by atoms with Gasteiger partial charge in [0.2, 0.25) is 0 Å². The Morgan fingerprint density at radius 1 is 0.875 bits per heavy atom. The largest absolute Gasteiger partial charge is 2.00 e. The third-order valence-electron chi connectivity index (χ3n) is 0.957. The van der Waals surface area contributed by atoms with Gasteiger partial charge >= 0.3 is 17.1 Å². The van der Waals surface area contributed by atoms with Gasteiger partial charge in [-0.25, -0.2) is 0 Å². The summed E-state index contributed by atoms with van der Waals surface area (Å²) >= 11 is 0. The summed E-state index contributed by atoms with van der Waals surface area (Å²) in [5, 5.41) is 3.22. The van der Waals surface area contributed by atoms with Crippen molar-refractivity contribution < 1.29 is 51.0 Å². The maximum atomic E-state index is 3.22. The normalized spacial score (nSPS) is 15.0. The Morgan fingerprint density at radius 3 is 1.38 bits per heavy atom. The topological polar surface area (TPSA) is 12.0 Å². The van der Waals surface area contributed by atoms with Crippen molar-refractivity contribution in [2.45, 2.75) is 12.8 Å². The Morgan fingerprint density at radius 2 is 1.25 bits per heavy atom. The first kappa shape index (κ1) is 16.2. The Labute approximate surface area is 82.0 Å². The molecule has 0 saturated carbocycles. The smallest absolute Gasteiger partial charge is 1.00 e. The van der Waals surface area contributed by atoms with Crippen LogP contribution in [-0.2, 0) is 17.1 Å². The molecular formula is C4H9Br2MnN. The molecule has 0 aromatic rings. The van der Waals surface area contributed by atoms with Gasteiger partial charge in [-0.1, -0.05) is 0 Å². The predicted octanol–water partition coefficient (Wildman–Crippen LogP) is -5.62. The van der Waals surface area contributed by atoms with Crippen LogP contribution in [0.4, 0.5) is 0 Å². The third-order valence-corrected chi connectivity index (χ3v) is 0.957. The molecule has 0 aliphatic carbocycles. The summed E-state index contributed by atoms with van der Waals surface area (Å²) in [5.41, 5.74) is 0. The van der Waals surface area contributed by atoms with E-state index in [0.717, 1.165) is 0 Å². The molecule has 0 aromatic carbocycles. The van der Waals surface area contributed by atoms with Gasteiger partial charge in [0.05, 0.1) is 0 Å². The second-order valence-electron chi connectivity index (χ2n) is 1.46. The van der Waals surface area contributed by atoms with Crippen molar-refractivity contribution in [2.75, 3.05) is 13.1 Å². The Bertz CT molecular complexity index is 25.6. The van der Waals surface area contributed by atoms with Gasteiger partial charge in [-0.15, -0.1) is 0 Å². The fraction of sp³-hybridized carbons (Fsp3) is 1.00. The van der Waals surface area contributed by atoms with Gasteiger partial charge in [0.1, 0.15) is 0 Å². The van der Waals surface area contributed by atoms with Gasteiger partial charge in [-0.2, -0.15) is 0 Å². The summed E-state index contributed by atoms with van der Waals surface area (Å²) in [7, 11) is 0. The molecule has 0 atom stereocenters. The van der Waals surface area contributed by atoms with Crippen molar-refractivity contribution >= 4 is 0 Å². The van der Waals surface area contributed by atoms with Crippen LogP contribution in [0.2, 0.25) is 0 Å². The van der Waals surface area contributed by atoms with E-state index in [0.29, 0.717) is 0 Å². The van der Waals surface area contributed by atoms with E-state index in [1.54, 1.807) is 0 Å². The number of halogens is 2. The van der Waals surface area contributed by atoms with E-state index in [1.807, 2.05) is 0 Å². The molecule has 0 bridgehead atoms. The summed E-state index contributed by atoms with van der Waals surface area (Å²) in [6.07, 6.45) is 2.78. The van der Waals surface area contributed by atoms with E-state index in [4.69, 9.17) is 0 Å². The molecule has 0 unspecified atom stereocenters. The maximum absolute atomic E-state index is 3.22. The van der Waals surface area contributed by atoms with Crippen LogP contribution in [0, 0.1) is 0 Å². The molecule has 1 nitrogen and oxygen atoms in total. The molecule has 1 rings (SSSR count). The average Bonchev–Trinajstić information content (AvgIpc) is 1.76. The zero-order valence-electron chi connectivity index (χ0n) is 4.46. The molecule has 4 heteroatoms. The van der Waals surface area contributed by atoms with Gasteiger partial charge in [0.25, 0.3) is 0 Å². The molecule has 0 amide bonds. The molecule has 1 N–H and O–H groups in total. The van der Waals surface area contributed by atoms with Crippen molar-refractivity contribution in [2.24, 2.45) is 0 Å². The van der Waals surface area contributed by atoms with Crippen molar-refractivity contribution in [3.05, 3.63) is 0 Å². The van der Waals surface area contributed by atoms with E-state index >= 15 is 0 Å². The molecular weight excluding hydrogens is 277 g/mol. The Hall–Kier alpha value is 1.44. The minimum Gasteiger partial charge on any atom is -1.00 e. The predicted molar refractivity (Wildman–Crippen MR) is 22.1 cm³/mol. The molecule has 1 aliphatic rings. The quantitative estimate of drug-likeness (QED) is 0.438. The minimum absolute atomic E-state index is 0. The summed E-state index contributed by atoms with van der Waals surface area (Å²) in [6, 6.07) is 0. The first-order valence-corrected chi connectivity index (χ1v) is 2.21. The standard InChI is InChI=1S/C4H9N.2BrH.Mn/c1-2-4-5-3-1;;;/h5H,1-4H2;2*1H;/q;;;+2/p-2. The average molecular weight is 286 g/mol. The molecule has 0 aromatic heterocycles. The van der Waals surface area contributed by atoms with E-state index in [-0.39, 0.29) is 51.0 Å². The Kier molecular flexibility index (Phi) is 22.8. The molecule has 1 saturated heterocycles. The van der Waals surface area contributed by atoms with Gasteiger partial charge in [-0.05, 0) is 25.9 Å². The van der Waals surface area contributed by atoms with Crippen LogP contribution in [0.15, 0.2) is 0 Å². The summed E-state index contributed by atoms with van der Waals surface area (Å²) in [6.45, 7) is 2.50. The molecule has 1 fully saturated rings. The summed E-state index contributed by atoms with van der Waals surface area (Å²) in [4.78, 5) is 0. The van der Waals surface area contributed by atoms with Crippen molar-refractivity contribution in [1.82, 2.24) is 5.32 Å². The SMILES string of the molecule is C1CCNC1.[Br-].[Br-].[Mn+2]. The maximum Gasteiger partial charge on any atom is 2.00 e. The van der Waals surface area contributed by atoms with Crippen molar-refractivity contribution in [3.63, 3.8) is 0 Å². The van der Waals surface area contributed by atoms with Gasteiger partial charge in [-0.3, -0.25) is 0 Å². The van der Waals surface area contributed by atoms with Crippen LogP contribution in [0.1, 0.15) is 12.8 Å². The van der Waals surface area contributed by atoms with E-state index in [2.05, 4.69) is 5.32 Å². The summed E-state index contributed by atoms with van der Waals surface area (Å²) in [5.74, 6) is 0. The van der Waals surface area contributed by atoms with Crippen molar-refractivity contribution in [1.29, 1.82) is 0 Å². The summed E-state index contributed by atoms with van der Waals surface area (Å²) < 4.78 is 0. The first-order valence-electron chi connectivity index (χ1n) is 2.21. The number of hydrogen-bond acceptors (Lipinski definition) is 1. The molecule has 1 heterocycles. The zero-order valence-corrected chi connectivity index (χ0v) is 8.81. The van der Waals surface area contributed by atoms with Crippen LogP contribution >= 0.6 is 0 Å². The van der Waals surface area contributed by atoms with Gasteiger partial charge in [0, 0.05) is 0 Å². The van der Waals surface area contributed by atoms with Gasteiger partial charge in [0.15, 0.2) is 0 Å². The van der Waals surface area contributed by atoms with Crippen LogP contribution in [0.3, 0.4) is 0 Å². The first-order chi connectivity index (χ1) is 2.50. The fourth-order valence-electron chi connectivity index (χ4n) is 0.625. The Balaban J connectivity index is -0.0000000833. The van der Waals surface area contributed by atoms with Crippen LogP contribution in [-0.4, -0.2) is 13.1 Å². The van der Waals surface area contributed by atoms with E-state index in [1.165, 1.54) is 25.9 Å². The van der Waals surface area contributed by atoms with Crippen molar-refractivity contribution in [3.8, 4) is 0 Å². The molecule has 1 aliphatic heterocycles. The third kappa shape index (κ3) is 7.44. The van der Waals surface area contributed by atoms with Crippen LogP contribution < -0.4 is 39.3 Å². The molecule has 8 heavy (non-hydrogen) atoms. The zero-order chi connectivity index (χ0) is 3.54.